The zero-order chi connectivity index (χ0) is 19.3. The van der Waals surface area contributed by atoms with E-state index in [-0.39, 0.29) is 11.9 Å². The van der Waals surface area contributed by atoms with Crippen molar-refractivity contribution in [2.75, 3.05) is 26.7 Å². The van der Waals surface area contributed by atoms with Crippen molar-refractivity contribution in [1.82, 2.24) is 25.2 Å². The topological polar surface area (TPSA) is 72.3 Å². The van der Waals surface area contributed by atoms with Crippen molar-refractivity contribution >= 4 is 5.91 Å². The summed E-state index contributed by atoms with van der Waals surface area (Å²) in [5.41, 5.74) is 1.61. The minimum Gasteiger partial charge on any atom is -0.497 e. The Bertz CT molecular complexity index is 782. The average Bonchev–Trinajstić information content (AvgIpc) is 3.12. The molecule has 7 nitrogen and oxygen atoms in total. The Morgan fingerprint density at radius 1 is 1.11 bits per heavy atom. The van der Waals surface area contributed by atoms with Crippen molar-refractivity contribution < 1.29 is 9.53 Å². The molecule has 0 bridgehead atoms. The van der Waals surface area contributed by atoms with E-state index in [2.05, 4.69) is 27.8 Å². The number of carbonyl (C=O) groups excluding carboxylic acids is 1. The Labute approximate surface area is 166 Å². The molecule has 0 saturated carbocycles. The fraction of sp³-hybridized carbons (Fsp3) is 0.571. The van der Waals surface area contributed by atoms with Crippen molar-refractivity contribution in [2.45, 2.75) is 50.6 Å². The lowest BCUT2D eigenvalue weighted by molar-refractivity contribution is 0.0674. The van der Waals surface area contributed by atoms with E-state index < -0.39 is 0 Å². The number of amides is 1. The van der Waals surface area contributed by atoms with Crippen LogP contribution in [0.3, 0.4) is 0 Å². The van der Waals surface area contributed by atoms with Gasteiger partial charge in [-0.15, -0.1) is 5.10 Å². The highest BCUT2D eigenvalue weighted by molar-refractivity contribution is 5.92. The highest BCUT2D eigenvalue weighted by Gasteiger charge is 2.29. The molecule has 28 heavy (non-hydrogen) atoms. The number of carbonyl (C=O) groups is 1. The second-order valence-corrected chi connectivity index (χ2v) is 7.70. The zero-order valence-corrected chi connectivity index (χ0v) is 16.5. The van der Waals surface area contributed by atoms with Gasteiger partial charge in [-0.25, -0.2) is 4.68 Å². The molecule has 3 heterocycles. The molecule has 4 rings (SSSR count). The lowest BCUT2D eigenvalue weighted by Gasteiger charge is -2.30. The molecule has 2 saturated heterocycles. The molecule has 1 aromatic heterocycles. The summed E-state index contributed by atoms with van der Waals surface area (Å²) in [6.07, 6.45) is 8.17. The average molecular weight is 383 g/mol. The number of ether oxygens (including phenoxy) is 1. The number of rotatable bonds is 4. The van der Waals surface area contributed by atoms with Gasteiger partial charge in [0.1, 0.15) is 5.75 Å². The van der Waals surface area contributed by atoms with E-state index in [9.17, 15) is 4.79 Å². The van der Waals surface area contributed by atoms with Crippen molar-refractivity contribution in [3.63, 3.8) is 0 Å². The van der Waals surface area contributed by atoms with Crippen LogP contribution in [0.25, 0.3) is 0 Å². The minimum atomic E-state index is -0.0112. The molecular weight excluding hydrogens is 354 g/mol. The number of likely N-dealkylation sites (tertiary alicyclic amines) is 1. The predicted molar refractivity (Wildman–Crippen MR) is 106 cm³/mol. The maximum Gasteiger partial charge on any atom is 0.276 e. The lowest BCUT2D eigenvalue weighted by atomic mass is 10.0. The molecule has 150 valence electrons. The molecule has 1 atom stereocenters. The molecule has 1 unspecified atom stereocenters. The number of piperidine rings is 1. The number of hydrogen-bond donors (Lipinski definition) is 1. The fourth-order valence-electron chi connectivity index (χ4n) is 4.30. The van der Waals surface area contributed by atoms with Crippen LogP contribution in [0.4, 0.5) is 0 Å². The molecule has 1 aromatic carbocycles. The first-order valence-corrected chi connectivity index (χ1v) is 10.3. The van der Waals surface area contributed by atoms with E-state index in [0.29, 0.717) is 11.7 Å². The molecule has 0 aliphatic carbocycles. The Kier molecular flexibility index (Phi) is 5.90. The standard InChI is InChI=1S/C21H29N5O2/c1-28-18-8-6-16(7-9-18)20-5-3-2-4-14-25(20)21(27)19-15-26(24-23-19)17-10-12-22-13-11-17/h6-9,15,17,20,22H,2-5,10-14H2,1H3. The van der Waals surface area contributed by atoms with E-state index in [1.54, 1.807) is 7.11 Å². The van der Waals surface area contributed by atoms with E-state index in [4.69, 9.17) is 4.74 Å². The van der Waals surface area contributed by atoms with Crippen LogP contribution in [0, 0.1) is 0 Å². The molecule has 1 amide bonds. The number of hydrogen-bond acceptors (Lipinski definition) is 5. The van der Waals surface area contributed by atoms with Gasteiger partial charge in [0.05, 0.1) is 25.4 Å². The monoisotopic (exact) mass is 383 g/mol. The molecule has 0 radical (unpaired) electrons. The van der Waals surface area contributed by atoms with Crippen molar-refractivity contribution in [3.8, 4) is 5.75 Å². The van der Waals surface area contributed by atoms with Gasteiger partial charge >= 0.3 is 0 Å². The third-order valence-corrected chi connectivity index (χ3v) is 5.93. The molecule has 2 aliphatic rings. The first kappa shape index (κ1) is 18.9. The van der Waals surface area contributed by atoms with E-state index in [0.717, 1.165) is 69.5 Å². The molecule has 7 heteroatoms. The van der Waals surface area contributed by atoms with Gasteiger partial charge in [0.25, 0.3) is 5.91 Å². The Morgan fingerprint density at radius 2 is 1.89 bits per heavy atom. The zero-order valence-electron chi connectivity index (χ0n) is 16.5. The van der Waals surface area contributed by atoms with Crippen LogP contribution >= 0.6 is 0 Å². The number of nitrogens with one attached hydrogen (secondary N) is 1. The van der Waals surface area contributed by atoms with Crippen LogP contribution in [0.1, 0.15) is 66.7 Å². The van der Waals surface area contributed by atoms with E-state index in [1.807, 2.05) is 27.9 Å². The second-order valence-electron chi connectivity index (χ2n) is 7.70. The summed E-state index contributed by atoms with van der Waals surface area (Å²) in [6, 6.07) is 8.48. The SMILES string of the molecule is COc1ccc(C2CCCCCN2C(=O)c2cn(C3CCNCC3)nn2)cc1. The largest absolute Gasteiger partial charge is 0.497 e. The number of methoxy groups -OCH3 is 1. The molecule has 2 aliphatic heterocycles. The highest BCUT2D eigenvalue weighted by atomic mass is 16.5. The normalized spacial score (nSPS) is 21.3. The number of aromatic nitrogens is 3. The molecule has 2 aromatic rings. The van der Waals surface area contributed by atoms with Crippen LogP contribution in [-0.2, 0) is 0 Å². The Hall–Kier alpha value is -2.41. The Balaban J connectivity index is 1.55. The quantitative estimate of drug-likeness (QED) is 0.879. The fourth-order valence-corrected chi connectivity index (χ4v) is 4.30. The van der Waals surface area contributed by atoms with Crippen molar-refractivity contribution in [1.29, 1.82) is 0 Å². The summed E-state index contributed by atoms with van der Waals surface area (Å²) in [6.45, 7) is 2.73. The second kappa shape index (κ2) is 8.73. The molecule has 1 N–H and O–H groups in total. The number of nitrogens with zero attached hydrogens (tertiary/aromatic N) is 4. The van der Waals surface area contributed by atoms with Crippen LogP contribution in [0.15, 0.2) is 30.5 Å². The summed E-state index contributed by atoms with van der Waals surface area (Å²) in [4.78, 5) is 15.3. The van der Waals surface area contributed by atoms with Crippen LogP contribution < -0.4 is 10.1 Å². The smallest absolute Gasteiger partial charge is 0.276 e. The first-order valence-electron chi connectivity index (χ1n) is 10.3. The van der Waals surface area contributed by atoms with Crippen molar-refractivity contribution in [2.24, 2.45) is 0 Å². The van der Waals surface area contributed by atoms with E-state index >= 15 is 0 Å². The van der Waals surface area contributed by atoms with Crippen molar-refractivity contribution in [3.05, 3.63) is 41.7 Å². The maximum atomic E-state index is 13.3. The van der Waals surface area contributed by atoms with Crippen LogP contribution in [0.2, 0.25) is 0 Å². The highest BCUT2D eigenvalue weighted by Crippen LogP contribution is 2.32. The van der Waals surface area contributed by atoms with Gasteiger partial charge in [0.15, 0.2) is 5.69 Å². The van der Waals surface area contributed by atoms with Gasteiger partial charge < -0.3 is 15.0 Å². The van der Waals surface area contributed by atoms with Gasteiger partial charge in [-0.3, -0.25) is 4.79 Å². The molecule has 2 fully saturated rings. The van der Waals surface area contributed by atoms with E-state index in [1.165, 1.54) is 0 Å². The van der Waals surface area contributed by atoms with Crippen LogP contribution in [-0.4, -0.2) is 52.5 Å². The van der Waals surface area contributed by atoms with Crippen LogP contribution in [0.5, 0.6) is 5.75 Å². The summed E-state index contributed by atoms with van der Waals surface area (Å²) in [5.74, 6) is 0.822. The van der Waals surface area contributed by atoms with Gasteiger partial charge in [-0.1, -0.05) is 30.2 Å². The van der Waals surface area contributed by atoms with Gasteiger partial charge in [0.2, 0.25) is 0 Å². The summed E-state index contributed by atoms with van der Waals surface area (Å²) in [5, 5.41) is 11.9. The van der Waals surface area contributed by atoms with Gasteiger partial charge in [0, 0.05) is 6.54 Å². The minimum absolute atomic E-state index is 0.0112. The summed E-state index contributed by atoms with van der Waals surface area (Å²) < 4.78 is 7.16. The maximum absolute atomic E-state index is 13.3. The number of benzene rings is 1. The third-order valence-electron chi connectivity index (χ3n) is 5.93. The molecular formula is C21H29N5O2. The summed E-state index contributed by atoms with van der Waals surface area (Å²) >= 11 is 0. The Morgan fingerprint density at radius 3 is 2.64 bits per heavy atom. The van der Waals surface area contributed by atoms with Gasteiger partial charge in [-0.2, -0.15) is 0 Å². The first-order chi connectivity index (χ1) is 13.8. The third kappa shape index (κ3) is 4.04. The van der Waals surface area contributed by atoms with Gasteiger partial charge in [-0.05, 0) is 56.5 Å². The predicted octanol–water partition coefficient (Wildman–Crippen LogP) is 2.97. The summed E-state index contributed by atoms with van der Waals surface area (Å²) in [7, 11) is 1.67. The molecule has 0 spiro atoms. The lowest BCUT2D eigenvalue weighted by Crippen LogP contribution is -2.35.